The van der Waals surface area contributed by atoms with E-state index >= 15 is 0 Å². The first kappa shape index (κ1) is 14.6. The van der Waals surface area contributed by atoms with Gasteiger partial charge in [0.05, 0.1) is 13.2 Å². The number of fused-ring (bicyclic) bond motifs is 1. The van der Waals surface area contributed by atoms with Crippen molar-refractivity contribution in [1.82, 2.24) is 5.32 Å². The molecule has 0 bridgehead atoms. The number of hydrogen-bond acceptors (Lipinski definition) is 3. The Kier molecular flexibility index (Phi) is 4.79. The molecule has 0 fully saturated rings. The van der Waals surface area contributed by atoms with Crippen LogP contribution in [0.3, 0.4) is 0 Å². The van der Waals surface area contributed by atoms with Gasteiger partial charge in [-0.25, -0.2) is 9.38 Å². The van der Waals surface area contributed by atoms with E-state index in [4.69, 9.17) is 15.2 Å². The number of ether oxygens (including phenoxy) is 2. The lowest BCUT2D eigenvalue weighted by atomic mass is 10.1. The zero-order valence-electron chi connectivity index (χ0n) is 11.8. The first-order chi connectivity index (χ1) is 9.60. The van der Waals surface area contributed by atoms with Crippen molar-refractivity contribution < 1.29 is 13.9 Å². The number of rotatable bonds is 4. The summed E-state index contributed by atoms with van der Waals surface area (Å²) in [6, 6.07) is 3.09. The van der Waals surface area contributed by atoms with Crippen LogP contribution in [0.1, 0.15) is 31.4 Å². The molecule has 110 valence electrons. The molecule has 20 heavy (non-hydrogen) atoms. The van der Waals surface area contributed by atoms with Gasteiger partial charge in [0.2, 0.25) is 0 Å². The van der Waals surface area contributed by atoms with Crippen molar-refractivity contribution in [2.75, 3.05) is 6.79 Å². The summed E-state index contributed by atoms with van der Waals surface area (Å²) >= 11 is 0. The zero-order chi connectivity index (χ0) is 14.5. The van der Waals surface area contributed by atoms with E-state index in [0.29, 0.717) is 29.4 Å². The van der Waals surface area contributed by atoms with Crippen molar-refractivity contribution in [3.8, 4) is 5.75 Å². The molecule has 1 heterocycles. The van der Waals surface area contributed by atoms with Gasteiger partial charge in [-0.15, -0.1) is 0 Å². The van der Waals surface area contributed by atoms with E-state index in [0.717, 1.165) is 6.42 Å². The number of nitrogens with one attached hydrogen (secondary N) is 1. The number of aliphatic imine (C=N–C) groups is 1. The molecule has 1 aromatic carbocycles. The van der Waals surface area contributed by atoms with Crippen molar-refractivity contribution in [2.24, 2.45) is 10.7 Å². The Balaban J connectivity index is 2.13. The number of halogens is 1. The molecule has 0 amide bonds. The highest BCUT2D eigenvalue weighted by Gasteiger charge is 2.16. The van der Waals surface area contributed by atoms with Crippen molar-refractivity contribution >= 4 is 5.96 Å². The molecular weight excluding hydrogens is 261 g/mol. The third-order valence-electron chi connectivity index (χ3n) is 3.18. The maximum atomic E-state index is 13.5. The molecule has 2 rings (SSSR count). The van der Waals surface area contributed by atoms with Crippen LogP contribution in [0.25, 0.3) is 0 Å². The first-order valence-corrected chi connectivity index (χ1v) is 6.68. The second-order valence-electron chi connectivity index (χ2n) is 4.82. The molecule has 0 radical (unpaired) electrons. The number of nitrogens with zero attached hydrogens (tertiary/aromatic N) is 1. The lowest BCUT2D eigenvalue weighted by Crippen LogP contribution is -2.38. The lowest BCUT2D eigenvalue weighted by Gasteiger charge is -2.20. The molecule has 1 aliphatic rings. The summed E-state index contributed by atoms with van der Waals surface area (Å²) in [7, 11) is 0. The Morgan fingerprint density at radius 2 is 2.35 bits per heavy atom. The number of hydrogen-bond donors (Lipinski definition) is 2. The smallest absolute Gasteiger partial charge is 0.189 e. The zero-order valence-corrected chi connectivity index (χ0v) is 11.8. The minimum Gasteiger partial charge on any atom is -0.467 e. The standard InChI is InChI=1S/C14H20FN3O2/c1-3-9(2)18-14(16)17-6-10-4-12(15)5-11-7-19-8-20-13(10)11/h4-5,9H,3,6-8H2,1-2H3,(H3,16,17,18). The molecule has 1 unspecified atom stereocenters. The van der Waals surface area contributed by atoms with Crippen molar-refractivity contribution in [2.45, 2.75) is 39.5 Å². The van der Waals surface area contributed by atoms with Crippen LogP contribution in [-0.4, -0.2) is 18.8 Å². The summed E-state index contributed by atoms with van der Waals surface area (Å²) < 4.78 is 24.1. The van der Waals surface area contributed by atoms with Gasteiger partial charge in [0.25, 0.3) is 0 Å². The van der Waals surface area contributed by atoms with Crippen LogP contribution >= 0.6 is 0 Å². The predicted octanol–water partition coefficient (Wildman–Crippen LogP) is 1.90. The fourth-order valence-corrected chi connectivity index (χ4v) is 1.94. The topological polar surface area (TPSA) is 68.9 Å². The summed E-state index contributed by atoms with van der Waals surface area (Å²) in [4.78, 5) is 4.23. The molecule has 0 aromatic heterocycles. The van der Waals surface area contributed by atoms with E-state index in [-0.39, 0.29) is 25.2 Å². The average molecular weight is 281 g/mol. The first-order valence-electron chi connectivity index (χ1n) is 6.68. The highest BCUT2D eigenvalue weighted by Crippen LogP contribution is 2.29. The van der Waals surface area contributed by atoms with Crippen molar-refractivity contribution in [1.29, 1.82) is 0 Å². The van der Waals surface area contributed by atoms with Crippen LogP contribution in [0, 0.1) is 5.82 Å². The third-order valence-corrected chi connectivity index (χ3v) is 3.18. The van der Waals surface area contributed by atoms with E-state index in [1.54, 1.807) is 0 Å². The van der Waals surface area contributed by atoms with Crippen LogP contribution < -0.4 is 15.8 Å². The Morgan fingerprint density at radius 1 is 1.55 bits per heavy atom. The molecule has 6 heteroatoms. The average Bonchev–Trinajstić information content (AvgIpc) is 2.44. The van der Waals surface area contributed by atoms with Gasteiger partial charge in [-0.3, -0.25) is 0 Å². The van der Waals surface area contributed by atoms with Crippen LogP contribution in [0.4, 0.5) is 4.39 Å². The maximum absolute atomic E-state index is 13.5. The SMILES string of the molecule is CCC(C)NC(N)=NCc1cc(F)cc2c1OCOC2. The predicted molar refractivity (Wildman–Crippen MR) is 74.9 cm³/mol. The van der Waals surface area contributed by atoms with Crippen LogP contribution in [0.2, 0.25) is 0 Å². The van der Waals surface area contributed by atoms with Gasteiger partial charge < -0.3 is 20.5 Å². The van der Waals surface area contributed by atoms with Gasteiger partial charge in [-0.2, -0.15) is 0 Å². The van der Waals surface area contributed by atoms with E-state index in [2.05, 4.69) is 17.2 Å². The van der Waals surface area contributed by atoms with E-state index in [1.165, 1.54) is 12.1 Å². The minimum atomic E-state index is -0.323. The summed E-state index contributed by atoms with van der Waals surface area (Å²) in [6.45, 7) is 4.88. The maximum Gasteiger partial charge on any atom is 0.189 e. The Hall–Kier alpha value is -1.82. The van der Waals surface area contributed by atoms with Crippen molar-refractivity contribution in [3.63, 3.8) is 0 Å². The number of benzene rings is 1. The fraction of sp³-hybridized carbons (Fsp3) is 0.500. The molecule has 1 aliphatic heterocycles. The molecule has 5 nitrogen and oxygen atoms in total. The number of guanidine groups is 1. The molecule has 1 atom stereocenters. The quantitative estimate of drug-likeness (QED) is 0.653. The molecule has 1 aromatic rings. The molecule has 0 aliphatic carbocycles. The highest BCUT2D eigenvalue weighted by atomic mass is 19.1. The monoisotopic (exact) mass is 281 g/mol. The summed E-state index contributed by atoms with van der Waals surface area (Å²) in [6.07, 6.45) is 0.950. The Bertz CT molecular complexity index is 505. The summed E-state index contributed by atoms with van der Waals surface area (Å²) in [5, 5.41) is 3.06. The van der Waals surface area contributed by atoms with Gasteiger partial charge in [0.15, 0.2) is 12.8 Å². The molecular formula is C14H20FN3O2. The largest absolute Gasteiger partial charge is 0.467 e. The fourth-order valence-electron chi connectivity index (χ4n) is 1.94. The van der Waals surface area contributed by atoms with E-state index in [9.17, 15) is 4.39 Å². The third kappa shape index (κ3) is 3.60. The lowest BCUT2D eigenvalue weighted by molar-refractivity contribution is -0.0172. The molecule has 0 spiro atoms. The second kappa shape index (κ2) is 6.56. The van der Waals surface area contributed by atoms with Gasteiger partial charge in [-0.05, 0) is 25.5 Å². The normalized spacial score (nSPS) is 16.2. The molecule has 0 saturated carbocycles. The second-order valence-corrected chi connectivity index (χ2v) is 4.82. The van der Waals surface area contributed by atoms with Crippen LogP contribution in [0.15, 0.2) is 17.1 Å². The summed E-state index contributed by atoms with van der Waals surface area (Å²) in [5.74, 6) is 0.679. The summed E-state index contributed by atoms with van der Waals surface area (Å²) in [5.41, 5.74) is 7.17. The molecule has 3 N–H and O–H groups in total. The Labute approximate surface area is 118 Å². The van der Waals surface area contributed by atoms with Crippen LogP contribution in [0.5, 0.6) is 5.75 Å². The highest BCUT2D eigenvalue weighted by molar-refractivity contribution is 5.78. The number of nitrogens with two attached hydrogens (primary N) is 1. The van der Waals surface area contributed by atoms with E-state index < -0.39 is 0 Å². The van der Waals surface area contributed by atoms with Crippen molar-refractivity contribution in [3.05, 3.63) is 29.1 Å². The van der Waals surface area contributed by atoms with Crippen LogP contribution in [-0.2, 0) is 17.9 Å². The van der Waals surface area contributed by atoms with Gasteiger partial charge in [0, 0.05) is 17.2 Å². The van der Waals surface area contributed by atoms with Gasteiger partial charge in [0.1, 0.15) is 11.6 Å². The Morgan fingerprint density at radius 3 is 3.10 bits per heavy atom. The van der Waals surface area contributed by atoms with Gasteiger partial charge >= 0.3 is 0 Å². The molecule has 0 saturated heterocycles. The minimum absolute atomic E-state index is 0.177. The van der Waals surface area contributed by atoms with E-state index in [1.807, 2.05) is 6.92 Å². The van der Waals surface area contributed by atoms with Gasteiger partial charge in [-0.1, -0.05) is 6.92 Å².